The van der Waals surface area contributed by atoms with Gasteiger partial charge in [-0.25, -0.2) is 0 Å². The van der Waals surface area contributed by atoms with Crippen molar-refractivity contribution >= 4 is 0 Å². The molecule has 0 spiro atoms. The molecule has 3 nitrogen and oxygen atoms in total. The lowest BCUT2D eigenvalue weighted by Crippen LogP contribution is -2.45. The number of hydrogen-bond acceptors (Lipinski definition) is 3. The van der Waals surface area contributed by atoms with Gasteiger partial charge in [0.15, 0.2) is 0 Å². The minimum Gasteiger partial charge on any atom is -0.380 e. The van der Waals surface area contributed by atoms with Gasteiger partial charge in [-0.3, -0.25) is 4.90 Å². The van der Waals surface area contributed by atoms with Crippen LogP contribution in [0.5, 0.6) is 0 Å². The first kappa shape index (κ1) is 12.3. The van der Waals surface area contributed by atoms with Crippen molar-refractivity contribution in [1.29, 1.82) is 0 Å². The Morgan fingerprint density at radius 3 is 2.62 bits per heavy atom. The standard InChI is InChI=1S/C13H26N2O/c1-14-13(11-5-3-4-6-11)9-15(2)12-7-8-16-10-12/h11-14H,3-10H2,1-2H3. The second-order valence-corrected chi connectivity index (χ2v) is 5.40. The summed E-state index contributed by atoms with van der Waals surface area (Å²) in [7, 11) is 4.36. The Kier molecular flexibility index (Phi) is 4.62. The van der Waals surface area contributed by atoms with Gasteiger partial charge in [0.2, 0.25) is 0 Å². The van der Waals surface area contributed by atoms with Gasteiger partial charge in [0.25, 0.3) is 0 Å². The predicted octanol–water partition coefficient (Wildman–Crippen LogP) is 1.49. The van der Waals surface area contributed by atoms with Gasteiger partial charge in [0.05, 0.1) is 6.61 Å². The van der Waals surface area contributed by atoms with Crippen LogP contribution in [-0.4, -0.2) is 50.8 Å². The van der Waals surface area contributed by atoms with E-state index in [4.69, 9.17) is 4.74 Å². The van der Waals surface area contributed by atoms with Crippen molar-refractivity contribution in [2.75, 3.05) is 33.9 Å². The molecule has 2 fully saturated rings. The van der Waals surface area contributed by atoms with Gasteiger partial charge in [-0.1, -0.05) is 12.8 Å². The van der Waals surface area contributed by atoms with Crippen molar-refractivity contribution in [2.24, 2.45) is 5.92 Å². The first-order valence-corrected chi connectivity index (χ1v) is 6.76. The van der Waals surface area contributed by atoms with E-state index in [0.29, 0.717) is 12.1 Å². The maximum atomic E-state index is 5.46. The number of rotatable bonds is 5. The molecule has 0 aromatic rings. The Balaban J connectivity index is 1.80. The largest absolute Gasteiger partial charge is 0.380 e. The van der Waals surface area contributed by atoms with Gasteiger partial charge >= 0.3 is 0 Å². The zero-order valence-corrected chi connectivity index (χ0v) is 10.7. The van der Waals surface area contributed by atoms with Crippen LogP contribution in [0.3, 0.4) is 0 Å². The van der Waals surface area contributed by atoms with Crippen LogP contribution in [0.2, 0.25) is 0 Å². The van der Waals surface area contributed by atoms with Gasteiger partial charge in [-0.2, -0.15) is 0 Å². The molecule has 2 rings (SSSR count). The van der Waals surface area contributed by atoms with Gasteiger partial charge in [0.1, 0.15) is 0 Å². The Bertz CT molecular complexity index is 198. The molecule has 1 heterocycles. The maximum Gasteiger partial charge on any atom is 0.0622 e. The van der Waals surface area contributed by atoms with Crippen molar-refractivity contribution < 1.29 is 4.74 Å². The van der Waals surface area contributed by atoms with E-state index in [1.165, 1.54) is 38.6 Å². The SMILES string of the molecule is CNC(CN(C)C1CCOC1)C1CCCC1. The third-order valence-electron chi connectivity index (χ3n) is 4.35. The van der Waals surface area contributed by atoms with E-state index >= 15 is 0 Å². The predicted molar refractivity (Wildman–Crippen MR) is 66.7 cm³/mol. The van der Waals surface area contributed by atoms with E-state index in [-0.39, 0.29) is 0 Å². The second-order valence-electron chi connectivity index (χ2n) is 5.40. The molecule has 1 aliphatic heterocycles. The van der Waals surface area contributed by atoms with Gasteiger partial charge in [-0.05, 0) is 39.3 Å². The van der Waals surface area contributed by atoms with Gasteiger partial charge < -0.3 is 10.1 Å². The molecule has 0 aromatic heterocycles. The van der Waals surface area contributed by atoms with Gasteiger partial charge in [-0.15, -0.1) is 0 Å². The molecule has 0 aromatic carbocycles. The van der Waals surface area contributed by atoms with Crippen LogP contribution < -0.4 is 5.32 Å². The van der Waals surface area contributed by atoms with Crippen molar-refractivity contribution in [3.05, 3.63) is 0 Å². The second kappa shape index (κ2) is 5.99. The lowest BCUT2D eigenvalue weighted by Gasteiger charge is -2.31. The van der Waals surface area contributed by atoms with Crippen molar-refractivity contribution in [3.63, 3.8) is 0 Å². The zero-order valence-electron chi connectivity index (χ0n) is 10.7. The third kappa shape index (κ3) is 2.96. The van der Waals surface area contributed by atoms with E-state index in [9.17, 15) is 0 Å². The fourth-order valence-electron chi connectivity index (χ4n) is 3.16. The molecule has 1 N–H and O–H groups in total. The lowest BCUT2D eigenvalue weighted by atomic mass is 9.97. The normalized spacial score (nSPS) is 29.1. The van der Waals surface area contributed by atoms with Crippen molar-refractivity contribution in [2.45, 2.75) is 44.2 Å². The molecular formula is C13H26N2O. The van der Waals surface area contributed by atoms with Crippen LogP contribution in [-0.2, 0) is 4.74 Å². The molecule has 1 saturated heterocycles. The molecule has 1 saturated carbocycles. The highest BCUT2D eigenvalue weighted by Crippen LogP contribution is 2.28. The molecule has 1 aliphatic carbocycles. The number of hydrogen-bond donors (Lipinski definition) is 1. The molecule has 16 heavy (non-hydrogen) atoms. The quantitative estimate of drug-likeness (QED) is 0.768. The number of likely N-dealkylation sites (N-methyl/N-ethyl adjacent to an activating group) is 2. The minimum atomic E-state index is 0.650. The summed E-state index contributed by atoms with van der Waals surface area (Å²) in [5.41, 5.74) is 0. The molecule has 2 unspecified atom stereocenters. The van der Waals surface area contributed by atoms with E-state index in [1.54, 1.807) is 0 Å². The number of ether oxygens (including phenoxy) is 1. The monoisotopic (exact) mass is 226 g/mol. The molecule has 2 aliphatic rings. The fourth-order valence-corrected chi connectivity index (χ4v) is 3.16. The maximum absolute atomic E-state index is 5.46. The summed E-state index contributed by atoms with van der Waals surface area (Å²) in [6.07, 6.45) is 6.90. The fraction of sp³-hybridized carbons (Fsp3) is 1.00. The summed E-state index contributed by atoms with van der Waals surface area (Å²) < 4.78 is 5.46. The van der Waals surface area contributed by atoms with E-state index in [2.05, 4.69) is 24.3 Å². The summed E-state index contributed by atoms with van der Waals surface area (Å²) in [6.45, 7) is 3.05. The van der Waals surface area contributed by atoms with Crippen LogP contribution >= 0.6 is 0 Å². The highest BCUT2D eigenvalue weighted by Gasteiger charge is 2.27. The topological polar surface area (TPSA) is 24.5 Å². The van der Waals surface area contributed by atoms with E-state index in [1.807, 2.05) is 0 Å². The molecule has 3 heteroatoms. The Morgan fingerprint density at radius 1 is 1.31 bits per heavy atom. The lowest BCUT2D eigenvalue weighted by molar-refractivity contribution is 0.146. The average Bonchev–Trinajstić information content (AvgIpc) is 2.96. The average molecular weight is 226 g/mol. The first-order chi connectivity index (χ1) is 7.81. The highest BCUT2D eigenvalue weighted by atomic mass is 16.5. The minimum absolute atomic E-state index is 0.650. The van der Waals surface area contributed by atoms with Crippen LogP contribution in [0.25, 0.3) is 0 Å². The van der Waals surface area contributed by atoms with Crippen molar-refractivity contribution in [1.82, 2.24) is 10.2 Å². The Labute approximate surface area is 99.5 Å². The van der Waals surface area contributed by atoms with Crippen LogP contribution in [0.1, 0.15) is 32.1 Å². The zero-order chi connectivity index (χ0) is 11.4. The molecule has 94 valence electrons. The highest BCUT2D eigenvalue weighted by molar-refractivity contribution is 4.84. The van der Waals surface area contributed by atoms with Crippen LogP contribution in [0, 0.1) is 5.92 Å². The number of nitrogens with zero attached hydrogens (tertiary/aromatic N) is 1. The summed E-state index contributed by atoms with van der Waals surface area (Å²) in [4.78, 5) is 2.49. The summed E-state index contributed by atoms with van der Waals surface area (Å²) >= 11 is 0. The summed E-state index contributed by atoms with van der Waals surface area (Å²) in [5.74, 6) is 0.898. The smallest absolute Gasteiger partial charge is 0.0622 e. The number of nitrogens with one attached hydrogen (secondary N) is 1. The summed E-state index contributed by atoms with van der Waals surface area (Å²) in [6, 6.07) is 1.32. The molecule has 0 bridgehead atoms. The third-order valence-corrected chi connectivity index (χ3v) is 4.35. The Morgan fingerprint density at radius 2 is 2.06 bits per heavy atom. The molecular weight excluding hydrogens is 200 g/mol. The van der Waals surface area contributed by atoms with E-state index in [0.717, 1.165) is 19.1 Å². The first-order valence-electron chi connectivity index (χ1n) is 6.76. The van der Waals surface area contributed by atoms with Crippen LogP contribution in [0.4, 0.5) is 0 Å². The molecule has 0 radical (unpaired) electrons. The summed E-state index contributed by atoms with van der Waals surface area (Å²) in [5, 5.41) is 3.52. The molecule has 0 amide bonds. The van der Waals surface area contributed by atoms with Crippen LogP contribution in [0.15, 0.2) is 0 Å². The Hall–Kier alpha value is -0.120. The van der Waals surface area contributed by atoms with E-state index < -0.39 is 0 Å². The van der Waals surface area contributed by atoms with Gasteiger partial charge in [0, 0.05) is 25.2 Å². The van der Waals surface area contributed by atoms with Crippen molar-refractivity contribution in [3.8, 4) is 0 Å². The molecule has 2 atom stereocenters.